The van der Waals surface area contributed by atoms with Gasteiger partial charge in [-0.15, -0.1) is 0 Å². The summed E-state index contributed by atoms with van der Waals surface area (Å²) in [5.74, 6) is 0.871. The summed E-state index contributed by atoms with van der Waals surface area (Å²) in [4.78, 5) is 9.34. The van der Waals surface area contributed by atoms with Crippen molar-refractivity contribution in [3.8, 4) is 11.3 Å². The number of hydrogen-bond donors (Lipinski definition) is 1. The van der Waals surface area contributed by atoms with Crippen LogP contribution in [0.1, 0.15) is 29.4 Å². The molecule has 0 bridgehead atoms. The van der Waals surface area contributed by atoms with E-state index in [9.17, 15) is 0 Å². The third-order valence-corrected chi connectivity index (χ3v) is 3.15. The fourth-order valence-corrected chi connectivity index (χ4v) is 2.21. The van der Waals surface area contributed by atoms with Gasteiger partial charge in [0.15, 0.2) is 5.82 Å². The predicted molar refractivity (Wildman–Crippen MR) is 80.6 cm³/mol. The highest BCUT2D eigenvalue weighted by molar-refractivity contribution is 5.72. The van der Waals surface area contributed by atoms with Crippen molar-refractivity contribution in [3.05, 3.63) is 40.7 Å². The first-order chi connectivity index (χ1) is 9.01. The molecule has 0 saturated carbocycles. The summed E-state index contributed by atoms with van der Waals surface area (Å²) in [6.45, 7) is 11.1. The topological polar surface area (TPSA) is 37.8 Å². The monoisotopic (exact) mass is 255 g/mol. The Kier molecular flexibility index (Phi) is 3.84. The molecule has 0 radical (unpaired) electrons. The Morgan fingerprint density at radius 1 is 0.895 bits per heavy atom. The molecule has 0 amide bonds. The first-order valence-electron chi connectivity index (χ1n) is 6.69. The lowest BCUT2D eigenvalue weighted by atomic mass is 10.0. The highest BCUT2D eigenvalue weighted by atomic mass is 15.0. The van der Waals surface area contributed by atoms with E-state index in [1.807, 2.05) is 13.8 Å². The van der Waals surface area contributed by atoms with Gasteiger partial charge in [-0.25, -0.2) is 9.97 Å². The Morgan fingerprint density at radius 3 is 2.05 bits per heavy atom. The van der Waals surface area contributed by atoms with Crippen molar-refractivity contribution in [2.24, 2.45) is 0 Å². The van der Waals surface area contributed by atoms with Crippen LogP contribution >= 0.6 is 0 Å². The Morgan fingerprint density at radius 2 is 1.47 bits per heavy atom. The first-order valence-corrected chi connectivity index (χ1v) is 6.69. The number of nitrogens with one attached hydrogen (secondary N) is 1. The molecular weight excluding hydrogens is 234 g/mol. The van der Waals surface area contributed by atoms with Crippen molar-refractivity contribution in [2.45, 2.75) is 34.6 Å². The molecule has 2 aromatic rings. The normalized spacial score (nSPS) is 10.6. The van der Waals surface area contributed by atoms with Gasteiger partial charge in [0, 0.05) is 12.1 Å². The number of nitrogens with zero attached hydrogens (tertiary/aromatic N) is 2. The van der Waals surface area contributed by atoms with Crippen LogP contribution in [0, 0.1) is 27.7 Å². The maximum atomic E-state index is 4.72. The SMILES string of the molecule is CCNc1nc(C)c(C)nc1-c1cc(C)cc(C)c1. The molecular formula is C16H21N3. The quantitative estimate of drug-likeness (QED) is 0.906. The van der Waals surface area contributed by atoms with Gasteiger partial charge >= 0.3 is 0 Å². The van der Waals surface area contributed by atoms with Crippen molar-refractivity contribution >= 4 is 5.82 Å². The fourth-order valence-electron chi connectivity index (χ4n) is 2.21. The summed E-state index contributed by atoms with van der Waals surface area (Å²) in [5.41, 5.74) is 6.52. The van der Waals surface area contributed by atoms with Crippen LogP contribution in [0.3, 0.4) is 0 Å². The Hall–Kier alpha value is -1.90. The molecule has 0 saturated heterocycles. The van der Waals surface area contributed by atoms with E-state index in [4.69, 9.17) is 4.98 Å². The van der Waals surface area contributed by atoms with Crippen molar-refractivity contribution in [1.82, 2.24) is 9.97 Å². The van der Waals surface area contributed by atoms with E-state index in [1.165, 1.54) is 11.1 Å². The van der Waals surface area contributed by atoms with Crippen LogP contribution in [0.5, 0.6) is 0 Å². The van der Waals surface area contributed by atoms with E-state index >= 15 is 0 Å². The van der Waals surface area contributed by atoms with Crippen LogP contribution in [0.15, 0.2) is 18.2 Å². The molecule has 19 heavy (non-hydrogen) atoms. The summed E-state index contributed by atoms with van der Waals surface area (Å²) >= 11 is 0. The zero-order valence-corrected chi connectivity index (χ0v) is 12.3. The fraction of sp³-hybridized carbons (Fsp3) is 0.375. The predicted octanol–water partition coefficient (Wildman–Crippen LogP) is 3.81. The maximum Gasteiger partial charge on any atom is 0.152 e. The zero-order chi connectivity index (χ0) is 14.0. The van der Waals surface area contributed by atoms with Gasteiger partial charge in [0.1, 0.15) is 5.69 Å². The smallest absolute Gasteiger partial charge is 0.152 e. The van der Waals surface area contributed by atoms with E-state index in [0.717, 1.165) is 35.0 Å². The molecule has 0 aliphatic heterocycles. The van der Waals surface area contributed by atoms with Gasteiger partial charge in [-0.1, -0.05) is 17.2 Å². The molecule has 100 valence electrons. The van der Waals surface area contributed by atoms with E-state index < -0.39 is 0 Å². The van der Waals surface area contributed by atoms with Gasteiger partial charge in [0.25, 0.3) is 0 Å². The number of rotatable bonds is 3. The molecule has 1 aromatic carbocycles. The van der Waals surface area contributed by atoms with Crippen LogP contribution in [0.4, 0.5) is 5.82 Å². The zero-order valence-electron chi connectivity index (χ0n) is 12.3. The van der Waals surface area contributed by atoms with Crippen molar-refractivity contribution in [1.29, 1.82) is 0 Å². The van der Waals surface area contributed by atoms with Crippen LogP contribution in [0.2, 0.25) is 0 Å². The summed E-state index contributed by atoms with van der Waals surface area (Å²) in [6, 6.07) is 6.49. The van der Waals surface area contributed by atoms with E-state index in [2.05, 4.69) is 49.3 Å². The molecule has 1 N–H and O–H groups in total. The number of aryl methyl sites for hydroxylation is 4. The van der Waals surface area contributed by atoms with Crippen LogP contribution < -0.4 is 5.32 Å². The van der Waals surface area contributed by atoms with Gasteiger partial charge in [-0.05, 0) is 46.8 Å². The average molecular weight is 255 g/mol. The summed E-state index contributed by atoms with van der Waals surface area (Å²) in [6.07, 6.45) is 0. The molecule has 1 heterocycles. The highest BCUT2D eigenvalue weighted by Crippen LogP contribution is 2.27. The Balaban J connectivity index is 2.62. The van der Waals surface area contributed by atoms with Gasteiger partial charge in [0.2, 0.25) is 0 Å². The van der Waals surface area contributed by atoms with E-state index in [0.29, 0.717) is 0 Å². The molecule has 0 aliphatic carbocycles. The highest BCUT2D eigenvalue weighted by Gasteiger charge is 2.11. The van der Waals surface area contributed by atoms with Crippen LogP contribution in [0.25, 0.3) is 11.3 Å². The molecule has 3 heteroatoms. The second-order valence-corrected chi connectivity index (χ2v) is 5.00. The molecule has 0 aliphatic rings. The number of benzene rings is 1. The Bertz CT molecular complexity index is 583. The number of anilines is 1. The standard InChI is InChI=1S/C16H21N3/c1-6-17-16-15(18-12(4)13(5)19-16)14-8-10(2)7-11(3)9-14/h7-9H,6H2,1-5H3,(H,17,19). The van der Waals surface area contributed by atoms with Gasteiger partial charge < -0.3 is 5.32 Å². The first kappa shape index (κ1) is 13.5. The van der Waals surface area contributed by atoms with Gasteiger partial charge in [-0.2, -0.15) is 0 Å². The largest absolute Gasteiger partial charge is 0.369 e. The lowest BCUT2D eigenvalue weighted by Gasteiger charge is -2.13. The minimum absolute atomic E-state index is 0.842. The molecule has 0 unspecified atom stereocenters. The number of aromatic nitrogens is 2. The van der Waals surface area contributed by atoms with Crippen LogP contribution in [-0.4, -0.2) is 16.5 Å². The molecule has 1 aromatic heterocycles. The van der Waals surface area contributed by atoms with Crippen molar-refractivity contribution in [3.63, 3.8) is 0 Å². The lowest BCUT2D eigenvalue weighted by molar-refractivity contribution is 1.03. The minimum atomic E-state index is 0.842. The molecule has 3 nitrogen and oxygen atoms in total. The third kappa shape index (κ3) is 2.92. The molecule has 2 rings (SSSR count). The molecule has 0 spiro atoms. The number of hydrogen-bond acceptors (Lipinski definition) is 3. The van der Waals surface area contributed by atoms with Crippen molar-refractivity contribution < 1.29 is 0 Å². The second-order valence-electron chi connectivity index (χ2n) is 5.00. The van der Waals surface area contributed by atoms with E-state index in [1.54, 1.807) is 0 Å². The lowest BCUT2D eigenvalue weighted by Crippen LogP contribution is -2.06. The van der Waals surface area contributed by atoms with Gasteiger partial charge in [-0.3, -0.25) is 0 Å². The van der Waals surface area contributed by atoms with Crippen molar-refractivity contribution in [2.75, 3.05) is 11.9 Å². The van der Waals surface area contributed by atoms with Crippen LogP contribution in [-0.2, 0) is 0 Å². The summed E-state index contributed by atoms with van der Waals surface area (Å²) in [7, 11) is 0. The average Bonchev–Trinajstić information content (AvgIpc) is 2.32. The third-order valence-electron chi connectivity index (χ3n) is 3.15. The minimum Gasteiger partial charge on any atom is -0.369 e. The summed E-state index contributed by atoms with van der Waals surface area (Å²) in [5, 5.41) is 3.31. The molecule has 0 atom stereocenters. The second kappa shape index (κ2) is 5.39. The molecule has 0 fully saturated rings. The Labute approximate surface area is 115 Å². The summed E-state index contributed by atoms with van der Waals surface area (Å²) < 4.78 is 0. The maximum absolute atomic E-state index is 4.72. The van der Waals surface area contributed by atoms with E-state index in [-0.39, 0.29) is 0 Å². The van der Waals surface area contributed by atoms with Gasteiger partial charge in [0.05, 0.1) is 11.4 Å².